The van der Waals surface area contributed by atoms with Crippen LogP contribution in [0.5, 0.6) is 0 Å². The number of hydrogen-bond acceptors (Lipinski definition) is 16. The molecule has 31 heteroatoms. The lowest BCUT2D eigenvalue weighted by Crippen LogP contribution is -2.47. The van der Waals surface area contributed by atoms with Gasteiger partial charge >= 0.3 is 0 Å². The summed E-state index contributed by atoms with van der Waals surface area (Å²) in [4.78, 5) is 140. The van der Waals surface area contributed by atoms with Crippen LogP contribution in [0.4, 0.5) is 39.5 Å². The Kier molecular flexibility index (Phi) is 36.0. The molecule has 1 N–H and O–H groups in total. The molecule has 1 unspecified atom stereocenters. The third-order valence-electron chi connectivity index (χ3n) is 24.5. The number of halogens is 10. The number of alkyl halides is 3. The van der Waals surface area contributed by atoms with Gasteiger partial charge in [0.25, 0.3) is 35.4 Å². The van der Waals surface area contributed by atoms with Gasteiger partial charge in [0.2, 0.25) is 17.1 Å². The number of hydrogen-bond donors (Lipinski definition) is 1. The molecule has 3 aliphatic rings. The highest BCUT2D eigenvalue weighted by Gasteiger charge is 2.47. The Bertz CT molecular complexity index is 6200. The maximum absolute atomic E-state index is 15.0. The third kappa shape index (κ3) is 25.4. The maximum Gasteiger partial charge on any atom is 0.261 e. The molecule has 0 bridgehead atoms. The van der Waals surface area contributed by atoms with Crippen molar-refractivity contribution in [1.82, 2.24) is 44.8 Å². The number of aromatic nitrogens is 3. The van der Waals surface area contributed by atoms with Gasteiger partial charge in [0.05, 0.1) is 86.7 Å². The van der Waals surface area contributed by atoms with E-state index in [1.807, 2.05) is 153 Å². The fraction of sp³-hybridized carbons (Fsp3) is 0.351. The summed E-state index contributed by atoms with van der Waals surface area (Å²) in [6, 6.07) is 53.4. The summed E-state index contributed by atoms with van der Waals surface area (Å²) in [6.45, 7) is 26.0. The lowest BCUT2D eigenvalue weighted by atomic mass is 9.82. The molecule has 3 aliphatic heterocycles. The molecule has 0 fully saturated rings. The predicted octanol–water partition coefficient (Wildman–Crippen LogP) is 25.3. The number of nitrogens with zero attached hydrogens (tertiary/aromatic N) is 8. The Morgan fingerprint density at radius 1 is 0.352 bits per heavy atom. The monoisotopic (exact) mass is 2020 g/mol. The number of carbonyl (C=O) groups is 9. The van der Waals surface area contributed by atoms with E-state index in [1.165, 1.54) is 34.0 Å². The molecule has 142 heavy (non-hydrogen) atoms. The average molecular weight is 2020 g/mol. The van der Waals surface area contributed by atoms with Gasteiger partial charge in [-0.15, -0.1) is 34.0 Å². The van der Waals surface area contributed by atoms with Gasteiger partial charge in [-0.05, 0) is 161 Å². The van der Waals surface area contributed by atoms with E-state index in [2.05, 4.69) is 5.32 Å². The van der Waals surface area contributed by atoms with E-state index in [1.54, 1.807) is 124 Å². The molecule has 3 aromatic heterocycles. The van der Waals surface area contributed by atoms with Crippen molar-refractivity contribution in [2.75, 3.05) is 39.7 Å². The van der Waals surface area contributed by atoms with E-state index in [4.69, 9.17) is 26.6 Å². The number of rotatable bonds is 33. The molecule has 9 aromatic carbocycles. The number of imide groups is 3. The van der Waals surface area contributed by atoms with E-state index in [0.29, 0.717) is 41.4 Å². The van der Waals surface area contributed by atoms with Crippen molar-refractivity contribution in [3.63, 3.8) is 0 Å². The first-order valence-corrected chi connectivity index (χ1v) is 49.8. The van der Waals surface area contributed by atoms with Crippen molar-refractivity contribution in [2.45, 2.75) is 179 Å². The Morgan fingerprint density at radius 2 is 0.606 bits per heavy atom. The van der Waals surface area contributed by atoms with Crippen LogP contribution in [0.25, 0.3) is 31.7 Å². The van der Waals surface area contributed by atoms with Gasteiger partial charge < -0.3 is 15.1 Å². The minimum Gasteiger partial charge on any atom is -0.333 e. The predicted molar refractivity (Wildman–Crippen MR) is 537 cm³/mol. The molecule has 0 saturated heterocycles. The van der Waals surface area contributed by atoms with Gasteiger partial charge in [-0.2, -0.15) is 0 Å². The number of nitrogens with one attached hydrogen (secondary N) is 1. The maximum atomic E-state index is 15.0. The van der Waals surface area contributed by atoms with E-state index in [-0.39, 0.29) is 133 Å². The standard InChI is InChI=1S/2C37H38F3N3O3S.C33H32F3N3O2S.C4H7ClO/c2*1-22(2)34(44)42(18-17-25(21-38)43-35(45)26-13-9-10-14-27(26)36(43)46)32(37(3,4)5)31-30(19-23-11-7-6-8-12-23)47-33(41-31)28-20-24(39)15-16-29(28)40;1-33(2,3)29(37-16-15-22(19-34)39-31(40)23-11-7-8-12-24(23)32(39)41)28-27(17-20-9-5-4-6-10-20)42-30(38-28)25-18-21(35)13-14-26(25)36;1-3(2)4(5)6/h2*6-16,20,22,25,32H,17-19,21H2,1-5H3;4-14,18,22,29,37H,15-17,19H2,1-3H3;3H,1-2H3/t25-,32+;25-,32-;22-,29?;/m000./s1. The van der Waals surface area contributed by atoms with Crippen molar-refractivity contribution in [2.24, 2.45) is 34.0 Å². The molecule has 0 saturated carbocycles. The zero-order valence-corrected chi connectivity index (χ0v) is 84.9. The van der Waals surface area contributed by atoms with Crippen molar-refractivity contribution in [3.05, 3.63) is 335 Å². The van der Waals surface area contributed by atoms with Crippen LogP contribution in [-0.4, -0.2) is 150 Å². The summed E-state index contributed by atoms with van der Waals surface area (Å²) < 4.78 is 131. The van der Waals surface area contributed by atoms with Crippen molar-refractivity contribution in [1.29, 1.82) is 0 Å². The lowest BCUT2D eigenvalue weighted by molar-refractivity contribution is -0.140. The molecule has 0 radical (unpaired) electrons. The highest BCUT2D eigenvalue weighted by Crippen LogP contribution is 2.49. The second-order valence-corrected chi connectivity index (χ2v) is 43.0. The molecule has 0 spiro atoms. The Labute approximate surface area is 839 Å². The second kappa shape index (κ2) is 47.2. The first-order valence-electron chi connectivity index (χ1n) is 46.9. The number of carbonyl (C=O) groups excluding carboxylic acids is 9. The van der Waals surface area contributed by atoms with Gasteiger partial charge in [-0.25, -0.2) is 54.5 Å². The lowest BCUT2D eigenvalue weighted by Gasteiger charge is -2.41. The summed E-state index contributed by atoms with van der Waals surface area (Å²) in [6.07, 6.45) is 1.60. The van der Waals surface area contributed by atoms with Gasteiger partial charge in [0, 0.05) is 81.4 Å². The molecule has 15 rings (SSSR count). The fourth-order valence-electron chi connectivity index (χ4n) is 17.5. The van der Waals surface area contributed by atoms with Gasteiger partial charge in [0.15, 0.2) is 0 Å². The van der Waals surface area contributed by atoms with Crippen molar-refractivity contribution >= 4 is 98.1 Å². The largest absolute Gasteiger partial charge is 0.333 e. The van der Waals surface area contributed by atoms with E-state index < -0.39 is 143 Å². The fourth-order valence-corrected chi connectivity index (χ4v) is 20.9. The zero-order chi connectivity index (χ0) is 103. The van der Waals surface area contributed by atoms with Crippen LogP contribution in [0.1, 0.15) is 252 Å². The normalized spacial score (nSPS) is 14.3. The van der Waals surface area contributed by atoms with Crippen LogP contribution in [0.3, 0.4) is 0 Å². The summed E-state index contributed by atoms with van der Waals surface area (Å²) in [5.41, 5.74) is 4.76. The minimum absolute atomic E-state index is 0.00343. The summed E-state index contributed by atoms with van der Waals surface area (Å²) in [5, 5.41) is 4.15. The Morgan fingerprint density at radius 3 is 0.852 bits per heavy atom. The van der Waals surface area contributed by atoms with E-state index >= 15 is 8.78 Å². The molecule has 18 nitrogen and oxygen atoms in total. The van der Waals surface area contributed by atoms with Crippen LogP contribution in [-0.2, 0) is 33.6 Å². The quantitative estimate of drug-likeness (QED) is 0.0230. The zero-order valence-electron chi connectivity index (χ0n) is 81.7. The van der Waals surface area contributed by atoms with Gasteiger partial charge in [-0.3, -0.25) is 57.9 Å². The van der Waals surface area contributed by atoms with Crippen LogP contribution < -0.4 is 5.32 Å². The topological polar surface area (TPSA) is 221 Å². The first-order chi connectivity index (χ1) is 67.3. The van der Waals surface area contributed by atoms with Crippen LogP contribution in [0, 0.1) is 68.9 Å². The highest BCUT2D eigenvalue weighted by atomic mass is 35.5. The minimum atomic E-state index is -1.10. The van der Waals surface area contributed by atoms with Crippen molar-refractivity contribution < 1.29 is 82.7 Å². The first kappa shape index (κ1) is 108. The molecule has 6 atom stereocenters. The molecule has 746 valence electrons. The van der Waals surface area contributed by atoms with Crippen LogP contribution in [0.15, 0.2) is 218 Å². The molecule has 12 aromatic rings. The van der Waals surface area contributed by atoms with E-state index in [0.717, 1.165) is 101 Å². The van der Waals surface area contributed by atoms with Crippen molar-refractivity contribution in [3.8, 4) is 31.7 Å². The summed E-state index contributed by atoms with van der Waals surface area (Å²) in [7, 11) is 0. The Hall–Kier alpha value is -12.5. The molecular weight excluding hydrogens is 1910 g/mol. The molecule has 0 aliphatic carbocycles. The average Bonchev–Trinajstić information content (AvgIpc) is 1.64. The number of benzene rings is 9. The number of thiazole rings is 3. The summed E-state index contributed by atoms with van der Waals surface area (Å²) >= 11 is 8.78. The Balaban J connectivity index is 0.000000185. The molecule has 8 amide bonds. The number of fused-ring (bicyclic) bond motifs is 3. The second-order valence-electron chi connectivity index (χ2n) is 39.3. The van der Waals surface area contributed by atoms with Crippen LogP contribution >= 0.6 is 45.6 Å². The van der Waals surface area contributed by atoms with Gasteiger partial charge in [0.1, 0.15) is 69.9 Å². The van der Waals surface area contributed by atoms with Gasteiger partial charge in [-0.1, -0.05) is 231 Å². The highest BCUT2D eigenvalue weighted by molar-refractivity contribution is 7.16. The van der Waals surface area contributed by atoms with Crippen LogP contribution in [0.2, 0.25) is 0 Å². The SMILES string of the molecule is CC(C)(C)C(NCC[C@@H](CF)N1C(=O)c2ccccc2C1=O)c1nc(-c2cc(F)ccc2F)sc1Cc1ccccc1.CC(C)C(=O)Cl.CC(C)C(=O)N(CC[C@@H](CF)N1C(=O)c2ccccc2C1=O)[C@@H](c1nc(-c2cc(F)ccc2F)sc1Cc1ccccc1)C(C)(C)C.CC(C)C(=O)N(CC[C@@H](CF)N1C(=O)c2ccccc2C1=O)[C@H](c1nc(-c2cc(F)ccc2F)sc1Cc1ccccc1)C(C)(C)C. The van der Waals surface area contributed by atoms with E-state index in [9.17, 15) is 73.9 Å². The molecular formula is C111H115ClF9N9O9S3. The smallest absolute Gasteiger partial charge is 0.261 e. The number of amides is 8. The third-order valence-corrected chi connectivity index (χ3v) is 28.3. The molecule has 6 heterocycles. The summed E-state index contributed by atoms with van der Waals surface area (Å²) in [5.74, 6) is -8.12.